The normalized spacial score (nSPS) is 21.4. The molecule has 2 aliphatic rings. The second-order valence-corrected chi connectivity index (χ2v) is 9.29. The highest BCUT2D eigenvalue weighted by Crippen LogP contribution is 2.32. The van der Waals surface area contributed by atoms with Crippen molar-refractivity contribution in [3.8, 4) is 0 Å². The highest BCUT2D eigenvalue weighted by atomic mass is 35.5. The molecule has 2 heterocycles. The monoisotopic (exact) mass is 418 g/mol. The zero-order valence-corrected chi connectivity index (χ0v) is 17.3. The first-order chi connectivity index (χ1) is 13.6. The van der Waals surface area contributed by atoms with E-state index >= 15 is 0 Å². The van der Waals surface area contributed by atoms with Gasteiger partial charge in [0.15, 0.2) is 0 Å². The fourth-order valence-electron chi connectivity index (χ4n) is 4.11. The summed E-state index contributed by atoms with van der Waals surface area (Å²) in [4.78, 5) is 16.7. The molecule has 148 valence electrons. The van der Waals surface area contributed by atoms with Crippen LogP contribution in [0.15, 0.2) is 48.5 Å². The van der Waals surface area contributed by atoms with Crippen LogP contribution in [0.25, 0.3) is 0 Å². The maximum atomic E-state index is 13.5. The quantitative estimate of drug-likeness (QED) is 0.642. The van der Waals surface area contributed by atoms with Crippen LogP contribution in [-0.4, -0.2) is 41.6 Å². The molecule has 1 atom stereocenters. The first kappa shape index (κ1) is 19.7. The number of amides is 1. The van der Waals surface area contributed by atoms with Crippen molar-refractivity contribution in [2.24, 2.45) is 5.92 Å². The zero-order valence-electron chi connectivity index (χ0n) is 15.7. The standard InChI is InChI=1S/C22H24ClFN2OS/c23-21-7-6-18(24)13-17(21)12-16-8-10-25(11-9-16)14-20-15-26(22(27)28-20)19-4-2-1-3-5-19/h1-7,13,16,20H,8-12,14-15H2. The lowest BCUT2D eigenvalue weighted by Crippen LogP contribution is -2.39. The summed E-state index contributed by atoms with van der Waals surface area (Å²) in [5, 5.41) is 1.11. The molecule has 1 amide bonds. The predicted octanol–water partition coefficient (Wildman–Crippen LogP) is 5.48. The van der Waals surface area contributed by atoms with Crippen LogP contribution in [-0.2, 0) is 6.42 Å². The van der Waals surface area contributed by atoms with E-state index in [1.807, 2.05) is 35.2 Å². The first-order valence-electron chi connectivity index (χ1n) is 9.78. The van der Waals surface area contributed by atoms with E-state index in [9.17, 15) is 9.18 Å². The van der Waals surface area contributed by atoms with Crippen molar-refractivity contribution in [2.75, 3.05) is 31.1 Å². The summed E-state index contributed by atoms with van der Waals surface area (Å²) < 4.78 is 13.5. The number of carbonyl (C=O) groups is 1. The van der Waals surface area contributed by atoms with Crippen LogP contribution in [0.5, 0.6) is 0 Å². The Kier molecular flexibility index (Phi) is 6.24. The van der Waals surface area contributed by atoms with E-state index in [0.717, 1.165) is 56.7 Å². The summed E-state index contributed by atoms with van der Waals surface area (Å²) in [5.74, 6) is 0.317. The molecule has 0 spiro atoms. The number of nitrogens with zero attached hydrogens (tertiary/aromatic N) is 2. The van der Waals surface area contributed by atoms with E-state index in [1.54, 1.807) is 12.1 Å². The minimum atomic E-state index is -0.220. The number of hydrogen-bond donors (Lipinski definition) is 0. The van der Waals surface area contributed by atoms with E-state index in [0.29, 0.717) is 16.2 Å². The number of likely N-dealkylation sites (tertiary alicyclic amines) is 1. The lowest BCUT2D eigenvalue weighted by atomic mass is 9.90. The molecule has 2 fully saturated rings. The molecule has 0 bridgehead atoms. The summed E-state index contributed by atoms with van der Waals surface area (Å²) in [6, 6.07) is 14.5. The van der Waals surface area contributed by atoms with Gasteiger partial charge in [0.1, 0.15) is 5.82 Å². The van der Waals surface area contributed by atoms with Gasteiger partial charge < -0.3 is 9.80 Å². The first-order valence-corrected chi connectivity index (χ1v) is 11.0. The molecule has 1 unspecified atom stereocenters. The van der Waals surface area contributed by atoms with Gasteiger partial charge in [0.05, 0.1) is 0 Å². The number of rotatable bonds is 5. The fourth-order valence-corrected chi connectivity index (χ4v) is 5.40. The Morgan fingerprint density at radius 2 is 1.86 bits per heavy atom. The number of hydrogen-bond acceptors (Lipinski definition) is 3. The molecule has 2 aromatic rings. The van der Waals surface area contributed by atoms with E-state index in [1.165, 1.54) is 17.8 Å². The summed E-state index contributed by atoms with van der Waals surface area (Å²) in [7, 11) is 0. The van der Waals surface area contributed by atoms with Crippen molar-refractivity contribution in [2.45, 2.75) is 24.5 Å². The minimum Gasteiger partial charge on any atom is -0.302 e. The van der Waals surface area contributed by atoms with Gasteiger partial charge in [-0.2, -0.15) is 0 Å². The number of para-hydroxylation sites is 1. The van der Waals surface area contributed by atoms with E-state index < -0.39 is 0 Å². The molecule has 2 aliphatic heterocycles. The highest BCUT2D eigenvalue weighted by molar-refractivity contribution is 8.14. The average Bonchev–Trinajstić information content (AvgIpc) is 3.07. The topological polar surface area (TPSA) is 23.6 Å². The molecule has 0 aromatic heterocycles. The second-order valence-electron chi connectivity index (χ2n) is 7.64. The van der Waals surface area contributed by atoms with Crippen molar-refractivity contribution in [1.29, 1.82) is 0 Å². The van der Waals surface area contributed by atoms with Crippen LogP contribution < -0.4 is 4.90 Å². The zero-order chi connectivity index (χ0) is 19.5. The predicted molar refractivity (Wildman–Crippen MR) is 115 cm³/mol. The van der Waals surface area contributed by atoms with Crippen LogP contribution in [0.3, 0.4) is 0 Å². The van der Waals surface area contributed by atoms with Gasteiger partial charge in [0.2, 0.25) is 0 Å². The number of halogens is 2. The molecular weight excluding hydrogens is 395 g/mol. The SMILES string of the molecule is O=C1SC(CN2CCC(Cc3cc(F)ccc3Cl)CC2)CN1c1ccccc1. The molecule has 0 saturated carbocycles. The summed E-state index contributed by atoms with van der Waals surface area (Å²) in [5.41, 5.74) is 1.89. The molecular formula is C22H24ClFN2OS. The Balaban J connectivity index is 1.27. The minimum absolute atomic E-state index is 0.145. The summed E-state index contributed by atoms with van der Waals surface area (Å²) in [6.45, 7) is 3.75. The summed E-state index contributed by atoms with van der Waals surface area (Å²) >= 11 is 7.67. The van der Waals surface area contributed by atoms with Crippen molar-refractivity contribution in [3.63, 3.8) is 0 Å². The van der Waals surface area contributed by atoms with E-state index in [-0.39, 0.29) is 11.1 Å². The maximum absolute atomic E-state index is 13.5. The maximum Gasteiger partial charge on any atom is 0.286 e. The lowest BCUT2D eigenvalue weighted by Gasteiger charge is -2.33. The molecule has 0 aliphatic carbocycles. The van der Waals surface area contributed by atoms with Gasteiger partial charge in [0, 0.05) is 29.0 Å². The molecule has 2 aromatic carbocycles. The Morgan fingerprint density at radius 1 is 1.11 bits per heavy atom. The van der Waals surface area contributed by atoms with Gasteiger partial charge in [-0.25, -0.2) is 4.39 Å². The Morgan fingerprint density at radius 3 is 2.61 bits per heavy atom. The van der Waals surface area contributed by atoms with E-state index in [2.05, 4.69) is 4.90 Å². The smallest absolute Gasteiger partial charge is 0.286 e. The fraction of sp³-hybridized carbons (Fsp3) is 0.409. The average molecular weight is 419 g/mol. The Hall–Kier alpha value is -1.56. The third-order valence-corrected chi connectivity index (χ3v) is 7.05. The number of anilines is 1. The second kappa shape index (κ2) is 8.85. The van der Waals surface area contributed by atoms with Gasteiger partial charge in [-0.3, -0.25) is 4.79 Å². The van der Waals surface area contributed by atoms with E-state index in [4.69, 9.17) is 11.6 Å². The third-order valence-electron chi connectivity index (χ3n) is 5.63. The molecule has 0 radical (unpaired) electrons. The Labute approximate surface area is 174 Å². The number of thioether (sulfide) groups is 1. The van der Waals surface area contributed by atoms with Crippen molar-refractivity contribution in [1.82, 2.24) is 4.90 Å². The van der Waals surface area contributed by atoms with Gasteiger partial charge in [-0.1, -0.05) is 41.6 Å². The summed E-state index contributed by atoms with van der Waals surface area (Å²) in [6.07, 6.45) is 3.00. The number of benzene rings is 2. The van der Waals surface area contributed by atoms with Gasteiger partial charge >= 0.3 is 0 Å². The van der Waals surface area contributed by atoms with Crippen LogP contribution in [0.2, 0.25) is 5.02 Å². The van der Waals surface area contributed by atoms with Gasteiger partial charge in [-0.05, 0) is 74.2 Å². The molecule has 4 rings (SSSR count). The van der Waals surface area contributed by atoms with Crippen LogP contribution in [0, 0.1) is 11.7 Å². The van der Waals surface area contributed by atoms with Gasteiger partial charge in [0.25, 0.3) is 5.24 Å². The van der Waals surface area contributed by atoms with Crippen LogP contribution in [0.4, 0.5) is 14.9 Å². The lowest BCUT2D eigenvalue weighted by molar-refractivity contribution is 0.185. The molecule has 2 saturated heterocycles. The molecule has 28 heavy (non-hydrogen) atoms. The van der Waals surface area contributed by atoms with Crippen molar-refractivity contribution < 1.29 is 9.18 Å². The van der Waals surface area contributed by atoms with Crippen LogP contribution in [0.1, 0.15) is 18.4 Å². The molecule has 3 nitrogen and oxygen atoms in total. The van der Waals surface area contributed by atoms with Gasteiger partial charge in [-0.15, -0.1) is 0 Å². The number of piperidine rings is 1. The molecule has 0 N–H and O–H groups in total. The largest absolute Gasteiger partial charge is 0.302 e. The molecule has 6 heteroatoms. The van der Waals surface area contributed by atoms with Crippen LogP contribution >= 0.6 is 23.4 Å². The van der Waals surface area contributed by atoms with Crippen molar-refractivity contribution in [3.05, 3.63) is 64.9 Å². The highest BCUT2D eigenvalue weighted by Gasteiger charge is 2.33. The Bertz CT molecular complexity index is 827. The van der Waals surface area contributed by atoms with Crippen molar-refractivity contribution >= 4 is 34.3 Å². The number of carbonyl (C=O) groups excluding carboxylic acids is 1. The third kappa shape index (κ3) is 4.70.